The van der Waals surface area contributed by atoms with Gasteiger partial charge in [-0.1, -0.05) is 39.8 Å². The van der Waals surface area contributed by atoms with Crippen LogP contribution in [-0.4, -0.2) is 11.5 Å². The van der Waals surface area contributed by atoms with Gasteiger partial charge in [0.1, 0.15) is 6.26 Å². The van der Waals surface area contributed by atoms with E-state index in [1.807, 2.05) is 19.1 Å². The van der Waals surface area contributed by atoms with Gasteiger partial charge in [-0.3, -0.25) is 0 Å². The number of hydrogen-bond acceptors (Lipinski definition) is 4. The van der Waals surface area contributed by atoms with Gasteiger partial charge >= 0.3 is 0 Å². The minimum atomic E-state index is 0.168. The largest absolute Gasteiger partial charge is 0.440 e. The number of oxazole rings is 1. The van der Waals surface area contributed by atoms with E-state index in [2.05, 4.69) is 33.0 Å². The lowest BCUT2D eigenvalue weighted by molar-refractivity contribution is 0.453. The summed E-state index contributed by atoms with van der Waals surface area (Å²) in [6.07, 6.45) is 1.65. The molecule has 0 bridgehead atoms. The van der Waals surface area contributed by atoms with Crippen molar-refractivity contribution in [3.05, 3.63) is 46.3 Å². The van der Waals surface area contributed by atoms with Crippen LogP contribution in [0.15, 0.2) is 44.6 Å². The predicted molar refractivity (Wildman–Crippen MR) is 73.0 cm³/mol. The molecule has 0 aliphatic rings. The first kappa shape index (κ1) is 12.7. The van der Waals surface area contributed by atoms with Crippen molar-refractivity contribution in [1.29, 1.82) is 0 Å². The van der Waals surface area contributed by atoms with E-state index in [1.54, 1.807) is 18.0 Å². The van der Waals surface area contributed by atoms with Crippen LogP contribution in [0.1, 0.15) is 16.5 Å². The number of halogens is 1. The Morgan fingerprint density at radius 2 is 2.12 bits per heavy atom. The molecule has 0 saturated carbocycles. The van der Waals surface area contributed by atoms with E-state index in [4.69, 9.17) is 10.2 Å². The van der Waals surface area contributed by atoms with E-state index in [0.717, 1.165) is 10.2 Å². The normalized spacial score (nSPS) is 12.6. The lowest BCUT2D eigenvalue weighted by Gasteiger charge is -2.12. The van der Waals surface area contributed by atoms with Crippen LogP contribution in [-0.2, 0) is 0 Å². The van der Waals surface area contributed by atoms with Gasteiger partial charge in [0.25, 0.3) is 5.22 Å². The lowest BCUT2D eigenvalue weighted by Crippen LogP contribution is -2.09. The number of benzene rings is 1. The Labute approximate surface area is 113 Å². The molecular formula is C12H13BrN2OS. The Morgan fingerprint density at radius 3 is 2.65 bits per heavy atom. The van der Waals surface area contributed by atoms with Gasteiger partial charge in [-0.05, 0) is 24.6 Å². The molecule has 0 spiro atoms. The van der Waals surface area contributed by atoms with Crippen molar-refractivity contribution in [3.8, 4) is 0 Å². The smallest absolute Gasteiger partial charge is 0.256 e. The minimum absolute atomic E-state index is 0.168. The van der Waals surface area contributed by atoms with Crippen LogP contribution in [0.3, 0.4) is 0 Å². The molecule has 0 fully saturated rings. The maximum Gasteiger partial charge on any atom is 0.256 e. The van der Waals surface area contributed by atoms with Crippen LogP contribution in [0.5, 0.6) is 0 Å². The van der Waals surface area contributed by atoms with Crippen LogP contribution >= 0.6 is 27.7 Å². The summed E-state index contributed by atoms with van der Waals surface area (Å²) in [4.78, 5) is 4.27. The van der Waals surface area contributed by atoms with Gasteiger partial charge in [-0.15, -0.1) is 0 Å². The summed E-state index contributed by atoms with van der Waals surface area (Å²) in [5.74, 6) is 0. The maximum atomic E-state index is 5.80. The van der Waals surface area contributed by atoms with Gasteiger partial charge in [0, 0.05) is 11.0 Å². The maximum absolute atomic E-state index is 5.80. The van der Waals surface area contributed by atoms with Gasteiger partial charge in [0.2, 0.25) is 0 Å². The zero-order chi connectivity index (χ0) is 12.3. The number of nitrogens with zero attached hydrogens (tertiary/aromatic N) is 1. The Morgan fingerprint density at radius 1 is 1.41 bits per heavy atom. The fraction of sp³-hybridized carbons (Fsp3) is 0.250. The molecule has 3 nitrogen and oxygen atoms in total. The van der Waals surface area contributed by atoms with E-state index >= 15 is 0 Å². The number of hydrogen-bond donors (Lipinski definition) is 1. The van der Waals surface area contributed by atoms with Gasteiger partial charge < -0.3 is 10.2 Å². The fourth-order valence-corrected chi connectivity index (χ4v) is 2.64. The first-order valence-corrected chi connectivity index (χ1v) is 6.90. The molecule has 0 saturated heterocycles. The molecule has 5 heteroatoms. The van der Waals surface area contributed by atoms with Gasteiger partial charge in [-0.25, -0.2) is 4.98 Å². The highest BCUT2D eigenvalue weighted by molar-refractivity contribution is 9.10. The number of aromatic nitrogens is 1. The summed E-state index contributed by atoms with van der Waals surface area (Å²) in [6.45, 7) is 2.46. The zero-order valence-corrected chi connectivity index (χ0v) is 11.8. The molecule has 0 radical (unpaired) electrons. The number of rotatable bonds is 4. The second kappa shape index (κ2) is 5.71. The summed E-state index contributed by atoms with van der Waals surface area (Å²) >= 11 is 4.97. The zero-order valence-electron chi connectivity index (χ0n) is 9.39. The molecule has 2 N–H and O–H groups in total. The van der Waals surface area contributed by atoms with Crippen LogP contribution in [0, 0.1) is 6.92 Å². The van der Waals surface area contributed by atoms with E-state index < -0.39 is 0 Å². The molecule has 2 aromatic rings. The molecule has 1 unspecified atom stereocenters. The quantitative estimate of drug-likeness (QED) is 0.877. The number of aryl methyl sites for hydroxylation is 1. The van der Waals surface area contributed by atoms with Crippen molar-refractivity contribution in [1.82, 2.24) is 4.98 Å². The molecular weight excluding hydrogens is 300 g/mol. The van der Waals surface area contributed by atoms with Crippen LogP contribution in [0.2, 0.25) is 0 Å². The van der Waals surface area contributed by atoms with E-state index in [1.165, 1.54) is 5.56 Å². The topological polar surface area (TPSA) is 52.0 Å². The SMILES string of the molecule is Cc1coc(SC(CN)c2ccc(Br)cc2)n1. The molecule has 17 heavy (non-hydrogen) atoms. The van der Waals surface area contributed by atoms with E-state index in [9.17, 15) is 0 Å². The third-order valence-electron chi connectivity index (χ3n) is 2.30. The summed E-state index contributed by atoms with van der Waals surface area (Å²) < 4.78 is 6.39. The van der Waals surface area contributed by atoms with E-state index in [0.29, 0.717) is 11.8 Å². The number of nitrogens with two attached hydrogens (primary N) is 1. The van der Waals surface area contributed by atoms with Crippen molar-refractivity contribution in [3.63, 3.8) is 0 Å². The summed E-state index contributed by atoms with van der Waals surface area (Å²) in [5.41, 5.74) is 7.86. The van der Waals surface area contributed by atoms with Crippen molar-refractivity contribution >= 4 is 27.7 Å². The highest BCUT2D eigenvalue weighted by atomic mass is 79.9. The third kappa shape index (κ3) is 3.34. The number of thioether (sulfide) groups is 1. The molecule has 0 aliphatic heterocycles. The average Bonchev–Trinajstić information content (AvgIpc) is 2.73. The van der Waals surface area contributed by atoms with Crippen molar-refractivity contribution in [2.75, 3.05) is 6.54 Å². The molecule has 1 atom stereocenters. The lowest BCUT2D eigenvalue weighted by atomic mass is 10.1. The summed E-state index contributed by atoms with van der Waals surface area (Å²) in [7, 11) is 0. The summed E-state index contributed by atoms with van der Waals surface area (Å²) in [5, 5.41) is 0.835. The van der Waals surface area contributed by atoms with Gasteiger partial charge in [0.05, 0.1) is 10.9 Å². The van der Waals surface area contributed by atoms with E-state index in [-0.39, 0.29) is 5.25 Å². The van der Waals surface area contributed by atoms with Crippen LogP contribution < -0.4 is 5.73 Å². The molecule has 0 aliphatic carbocycles. The average molecular weight is 313 g/mol. The minimum Gasteiger partial charge on any atom is -0.440 e. The first-order chi connectivity index (χ1) is 8.19. The van der Waals surface area contributed by atoms with Crippen molar-refractivity contribution in [2.45, 2.75) is 17.4 Å². The Balaban J connectivity index is 2.13. The Hall–Kier alpha value is -0.780. The van der Waals surface area contributed by atoms with Crippen LogP contribution in [0.25, 0.3) is 0 Å². The molecule has 2 rings (SSSR count). The van der Waals surface area contributed by atoms with Crippen molar-refractivity contribution < 1.29 is 4.42 Å². The molecule has 1 heterocycles. The monoisotopic (exact) mass is 312 g/mol. The highest BCUT2D eigenvalue weighted by Gasteiger charge is 2.14. The van der Waals surface area contributed by atoms with Crippen molar-refractivity contribution in [2.24, 2.45) is 5.73 Å². The highest BCUT2D eigenvalue weighted by Crippen LogP contribution is 2.34. The second-order valence-corrected chi connectivity index (χ2v) is 5.72. The van der Waals surface area contributed by atoms with Gasteiger partial charge in [-0.2, -0.15) is 0 Å². The predicted octanol–water partition coefficient (Wildman–Crippen LogP) is 3.54. The second-order valence-electron chi connectivity index (χ2n) is 3.65. The Bertz CT molecular complexity index is 484. The third-order valence-corrected chi connectivity index (χ3v) is 3.96. The molecule has 1 aromatic heterocycles. The van der Waals surface area contributed by atoms with Gasteiger partial charge in [0.15, 0.2) is 0 Å². The summed E-state index contributed by atoms with van der Waals surface area (Å²) in [6, 6.07) is 8.15. The van der Waals surface area contributed by atoms with Crippen LogP contribution in [0.4, 0.5) is 0 Å². The standard InChI is InChI=1S/C12H13BrN2OS/c1-8-7-16-12(15-8)17-11(6-14)9-2-4-10(13)5-3-9/h2-5,7,11H,6,14H2,1H3. The fourth-order valence-electron chi connectivity index (χ4n) is 1.44. The molecule has 90 valence electrons. The molecule has 0 amide bonds. The Kier molecular flexibility index (Phi) is 4.25. The molecule has 1 aromatic carbocycles. The first-order valence-electron chi connectivity index (χ1n) is 5.23.